The summed E-state index contributed by atoms with van der Waals surface area (Å²) in [5.41, 5.74) is 7.26. The summed E-state index contributed by atoms with van der Waals surface area (Å²) < 4.78 is 10.7. The van der Waals surface area contributed by atoms with Gasteiger partial charge in [-0.05, 0) is 32.0 Å². The molecule has 1 aliphatic heterocycles. The molecule has 1 aliphatic rings. The molecule has 0 unspecified atom stereocenters. The maximum Gasteiger partial charge on any atom is 0.325 e. The molecule has 1 heterocycles. The predicted octanol–water partition coefficient (Wildman–Crippen LogP) is 1.42. The highest BCUT2D eigenvalue weighted by atomic mass is 16.5. The Morgan fingerprint density at radius 3 is 3.06 bits per heavy atom. The summed E-state index contributed by atoms with van der Waals surface area (Å²) in [6, 6.07) is 5.43. The van der Waals surface area contributed by atoms with Gasteiger partial charge in [0.15, 0.2) is 0 Å². The maximum atomic E-state index is 11.7. The second kappa shape index (κ2) is 5.16. The number of benzene rings is 1. The summed E-state index contributed by atoms with van der Waals surface area (Å²) in [5, 5.41) is 0. The van der Waals surface area contributed by atoms with Crippen molar-refractivity contribution >= 4 is 17.3 Å². The van der Waals surface area contributed by atoms with Gasteiger partial charge in [-0.1, -0.05) is 0 Å². The minimum absolute atomic E-state index is 0.0983. The lowest BCUT2D eigenvalue weighted by Crippen LogP contribution is -2.38. The van der Waals surface area contributed by atoms with E-state index in [0.29, 0.717) is 18.8 Å². The van der Waals surface area contributed by atoms with Crippen molar-refractivity contribution in [2.75, 3.05) is 30.3 Å². The fourth-order valence-electron chi connectivity index (χ4n) is 1.91. The van der Waals surface area contributed by atoms with Crippen molar-refractivity contribution < 1.29 is 14.3 Å². The van der Waals surface area contributed by atoms with Gasteiger partial charge in [0.05, 0.1) is 18.3 Å². The van der Waals surface area contributed by atoms with E-state index in [9.17, 15) is 4.79 Å². The van der Waals surface area contributed by atoms with E-state index in [2.05, 4.69) is 0 Å². The van der Waals surface area contributed by atoms with Gasteiger partial charge in [-0.3, -0.25) is 4.79 Å². The van der Waals surface area contributed by atoms with E-state index in [1.54, 1.807) is 6.07 Å². The van der Waals surface area contributed by atoms with Crippen LogP contribution in [-0.2, 0) is 9.53 Å². The highest BCUT2D eigenvalue weighted by Gasteiger charge is 2.21. The zero-order valence-electron chi connectivity index (χ0n) is 10.7. The van der Waals surface area contributed by atoms with Crippen molar-refractivity contribution in [3.05, 3.63) is 18.2 Å². The molecule has 0 fully saturated rings. The molecule has 5 heteroatoms. The highest BCUT2D eigenvalue weighted by Crippen LogP contribution is 2.33. The van der Waals surface area contributed by atoms with Crippen LogP contribution in [-0.4, -0.2) is 31.8 Å². The number of carbonyl (C=O) groups is 1. The summed E-state index contributed by atoms with van der Waals surface area (Å²) in [7, 11) is 0. The Hall–Kier alpha value is -1.91. The van der Waals surface area contributed by atoms with Gasteiger partial charge in [0.25, 0.3) is 0 Å². The molecule has 1 aromatic carbocycles. The lowest BCUT2D eigenvalue weighted by atomic mass is 10.2. The Morgan fingerprint density at radius 2 is 2.33 bits per heavy atom. The topological polar surface area (TPSA) is 64.8 Å². The van der Waals surface area contributed by atoms with Crippen LogP contribution in [0.1, 0.15) is 13.8 Å². The minimum Gasteiger partial charge on any atom is -0.490 e. The number of nitrogens with two attached hydrogens (primary N) is 1. The second-order valence-electron chi connectivity index (χ2n) is 4.54. The number of anilines is 2. The van der Waals surface area contributed by atoms with Crippen LogP contribution in [0.5, 0.6) is 5.75 Å². The molecule has 98 valence electrons. The van der Waals surface area contributed by atoms with Gasteiger partial charge in [0.2, 0.25) is 0 Å². The van der Waals surface area contributed by atoms with Crippen LogP contribution >= 0.6 is 0 Å². The fourth-order valence-corrected chi connectivity index (χ4v) is 1.91. The van der Waals surface area contributed by atoms with Gasteiger partial charge in [-0.15, -0.1) is 0 Å². The molecule has 0 aliphatic carbocycles. The van der Waals surface area contributed by atoms with Gasteiger partial charge in [-0.25, -0.2) is 0 Å². The zero-order chi connectivity index (χ0) is 13.1. The Balaban J connectivity index is 2.12. The highest BCUT2D eigenvalue weighted by molar-refractivity contribution is 5.78. The quantitative estimate of drug-likeness (QED) is 0.649. The number of nitrogens with zero attached hydrogens (tertiary/aromatic N) is 1. The maximum absolute atomic E-state index is 11.7. The molecule has 2 rings (SSSR count). The average molecular weight is 250 g/mol. The zero-order valence-corrected chi connectivity index (χ0v) is 10.7. The van der Waals surface area contributed by atoms with Crippen molar-refractivity contribution in [1.29, 1.82) is 0 Å². The second-order valence-corrected chi connectivity index (χ2v) is 4.54. The van der Waals surface area contributed by atoms with Crippen LogP contribution in [0.2, 0.25) is 0 Å². The van der Waals surface area contributed by atoms with Crippen LogP contribution in [0.3, 0.4) is 0 Å². The molecule has 0 saturated heterocycles. The lowest BCUT2D eigenvalue weighted by molar-refractivity contribution is -0.145. The third-order valence-corrected chi connectivity index (χ3v) is 2.63. The average Bonchev–Trinajstić information content (AvgIpc) is 2.28. The molecule has 0 saturated carbocycles. The summed E-state index contributed by atoms with van der Waals surface area (Å²) in [6.07, 6.45) is -0.0983. The van der Waals surface area contributed by atoms with E-state index >= 15 is 0 Å². The van der Waals surface area contributed by atoms with Crippen LogP contribution in [0, 0.1) is 0 Å². The molecule has 0 aromatic heterocycles. The number of rotatable bonds is 3. The number of ether oxygens (including phenoxy) is 2. The molecule has 5 nitrogen and oxygen atoms in total. The van der Waals surface area contributed by atoms with Crippen molar-refractivity contribution in [1.82, 2.24) is 0 Å². The van der Waals surface area contributed by atoms with Gasteiger partial charge in [0, 0.05) is 5.69 Å². The van der Waals surface area contributed by atoms with Gasteiger partial charge >= 0.3 is 5.97 Å². The normalized spacial score (nSPS) is 14.1. The summed E-state index contributed by atoms with van der Waals surface area (Å²) in [5.74, 6) is 0.521. The Labute approximate surface area is 106 Å². The number of hydrogen-bond donors (Lipinski definition) is 1. The molecule has 0 atom stereocenters. The number of nitrogen functional groups attached to an aromatic ring is 1. The largest absolute Gasteiger partial charge is 0.490 e. The third-order valence-electron chi connectivity index (χ3n) is 2.63. The summed E-state index contributed by atoms with van der Waals surface area (Å²) >= 11 is 0. The molecule has 2 N–H and O–H groups in total. The third kappa shape index (κ3) is 2.85. The van der Waals surface area contributed by atoms with Crippen LogP contribution < -0.4 is 15.4 Å². The molecule has 0 spiro atoms. The molecule has 0 amide bonds. The summed E-state index contributed by atoms with van der Waals surface area (Å²) in [6.45, 7) is 5.11. The Morgan fingerprint density at radius 1 is 1.56 bits per heavy atom. The molecule has 18 heavy (non-hydrogen) atoms. The van der Waals surface area contributed by atoms with Gasteiger partial charge < -0.3 is 20.1 Å². The number of fused-ring (bicyclic) bond motifs is 1. The van der Waals surface area contributed by atoms with Crippen LogP contribution in [0.4, 0.5) is 11.4 Å². The van der Waals surface area contributed by atoms with E-state index in [4.69, 9.17) is 15.2 Å². The summed E-state index contributed by atoms with van der Waals surface area (Å²) in [4.78, 5) is 13.6. The number of esters is 1. The fraction of sp³-hybridized carbons (Fsp3) is 0.462. The van der Waals surface area contributed by atoms with E-state index in [1.807, 2.05) is 30.9 Å². The Bertz CT molecular complexity index is 446. The van der Waals surface area contributed by atoms with E-state index in [0.717, 1.165) is 11.4 Å². The number of carbonyl (C=O) groups excluding carboxylic acids is 1. The van der Waals surface area contributed by atoms with Crippen molar-refractivity contribution in [2.45, 2.75) is 20.0 Å². The first-order valence-electron chi connectivity index (χ1n) is 6.03. The molecular weight excluding hydrogens is 232 g/mol. The van der Waals surface area contributed by atoms with Crippen LogP contribution in [0.25, 0.3) is 0 Å². The first kappa shape index (κ1) is 12.5. The molecular formula is C13H18N2O3. The minimum atomic E-state index is -0.236. The van der Waals surface area contributed by atoms with E-state index < -0.39 is 0 Å². The van der Waals surface area contributed by atoms with Crippen molar-refractivity contribution in [3.8, 4) is 5.75 Å². The standard InChI is InChI=1S/C13H18N2O3/c1-9(2)18-13(16)8-15-5-6-17-12-4-3-10(14)7-11(12)15/h3-4,7,9H,5-6,8,14H2,1-2H3. The predicted molar refractivity (Wildman–Crippen MR) is 69.8 cm³/mol. The lowest BCUT2D eigenvalue weighted by Gasteiger charge is -2.30. The van der Waals surface area contributed by atoms with E-state index in [1.165, 1.54) is 0 Å². The first-order chi connectivity index (χ1) is 8.56. The van der Waals surface area contributed by atoms with Crippen molar-refractivity contribution in [2.24, 2.45) is 0 Å². The monoisotopic (exact) mass is 250 g/mol. The number of hydrogen-bond acceptors (Lipinski definition) is 5. The SMILES string of the molecule is CC(C)OC(=O)CN1CCOc2ccc(N)cc21. The van der Waals surface area contributed by atoms with Gasteiger partial charge in [0.1, 0.15) is 18.9 Å². The van der Waals surface area contributed by atoms with E-state index in [-0.39, 0.29) is 18.6 Å². The first-order valence-corrected chi connectivity index (χ1v) is 6.03. The van der Waals surface area contributed by atoms with Gasteiger partial charge in [-0.2, -0.15) is 0 Å². The molecule has 0 radical (unpaired) electrons. The molecule has 0 bridgehead atoms. The Kier molecular flexibility index (Phi) is 3.60. The molecule has 1 aromatic rings. The van der Waals surface area contributed by atoms with Crippen LogP contribution in [0.15, 0.2) is 18.2 Å². The van der Waals surface area contributed by atoms with Crippen molar-refractivity contribution in [3.63, 3.8) is 0 Å². The smallest absolute Gasteiger partial charge is 0.325 e.